The molecular formula is C17H11NO. The Morgan fingerprint density at radius 3 is 2.32 bits per heavy atom. The lowest BCUT2D eigenvalue weighted by Gasteiger charge is -2.07. The predicted molar refractivity (Wildman–Crippen MR) is 79.6 cm³/mol. The molecule has 0 aliphatic rings. The lowest BCUT2D eigenvalue weighted by molar-refractivity contribution is 1.35. The second kappa shape index (κ2) is 3.69. The number of benzene rings is 3. The number of aromatic amines is 1. The molecule has 0 fully saturated rings. The summed E-state index contributed by atoms with van der Waals surface area (Å²) in [7, 11) is 0. The van der Waals surface area contributed by atoms with Gasteiger partial charge in [0.2, 0.25) is 0 Å². The van der Waals surface area contributed by atoms with Crippen molar-refractivity contribution in [2.75, 3.05) is 0 Å². The number of aromatic nitrogens is 1. The minimum absolute atomic E-state index is 0.0283. The topological polar surface area (TPSA) is 32.9 Å². The summed E-state index contributed by atoms with van der Waals surface area (Å²) in [5.74, 6) is 0. The number of hydrogen-bond acceptors (Lipinski definition) is 1. The Labute approximate surface area is 109 Å². The molecule has 4 rings (SSSR count). The number of pyridine rings is 1. The molecule has 2 heteroatoms. The summed E-state index contributed by atoms with van der Waals surface area (Å²) in [5.41, 5.74) is 0.857. The van der Waals surface area contributed by atoms with Crippen LogP contribution in [0.4, 0.5) is 0 Å². The van der Waals surface area contributed by atoms with Gasteiger partial charge in [0.25, 0.3) is 5.56 Å². The molecule has 0 aliphatic heterocycles. The number of H-pyrrole nitrogens is 1. The van der Waals surface area contributed by atoms with E-state index in [0.717, 1.165) is 32.4 Å². The molecule has 1 aromatic heterocycles. The molecule has 0 saturated heterocycles. The maximum absolute atomic E-state index is 12.2. The van der Waals surface area contributed by atoms with Gasteiger partial charge in [0.1, 0.15) is 0 Å². The van der Waals surface area contributed by atoms with E-state index in [0.29, 0.717) is 0 Å². The molecule has 0 unspecified atom stereocenters. The quantitative estimate of drug-likeness (QED) is 0.469. The van der Waals surface area contributed by atoms with Crippen LogP contribution in [0, 0.1) is 0 Å². The van der Waals surface area contributed by atoms with E-state index < -0.39 is 0 Å². The van der Waals surface area contributed by atoms with Gasteiger partial charge >= 0.3 is 0 Å². The van der Waals surface area contributed by atoms with Crippen molar-refractivity contribution in [3.8, 4) is 0 Å². The van der Waals surface area contributed by atoms with E-state index in [4.69, 9.17) is 0 Å². The minimum Gasteiger partial charge on any atom is -0.321 e. The minimum atomic E-state index is -0.0283. The van der Waals surface area contributed by atoms with Crippen molar-refractivity contribution in [3.05, 3.63) is 71.0 Å². The smallest absolute Gasteiger partial charge is 0.256 e. The summed E-state index contributed by atoms with van der Waals surface area (Å²) in [6, 6.07) is 20.0. The zero-order chi connectivity index (χ0) is 12.8. The summed E-state index contributed by atoms with van der Waals surface area (Å²) in [4.78, 5) is 15.1. The largest absolute Gasteiger partial charge is 0.321 e. The SMILES string of the molecule is O=c1[nH]c2ccccc2c2c1ccc1ccccc12. The van der Waals surface area contributed by atoms with Gasteiger partial charge in [-0.05, 0) is 22.9 Å². The first-order valence-corrected chi connectivity index (χ1v) is 6.27. The van der Waals surface area contributed by atoms with Gasteiger partial charge in [-0.2, -0.15) is 0 Å². The van der Waals surface area contributed by atoms with Crippen LogP contribution in [0.1, 0.15) is 0 Å². The Morgan fingerprint density at radius 2 is 1.42 bits per heavy atom. The standard InChI is InChI=1S/C17H11NO/c19-17-14-10-9-11-5-1-2-6-12(11)16(14)13-7-3-4-8-15(13)18-17/h1-10H,(H,18,19). The summed E-state index contributed by atoms with van der Waals surface area (Å²) < 4.78 is 0. The van der Waals surface area contributed by atoms with E-state index in [1.807, 2.05) is 42.5 Å². The molecule has 4 aromatic rings. The van der Waals surface area contributed by atoms with Gasteiger partial charge in [0, 0.05) is 21.7 Å². The van der Waals surface area contributed by atoms with Crippen LogP contribution in [0.5, 0.6) is 0 Å². The third-order valence-corrected chi connectivity index (χ3v) is 3.62. The Kier molecular flexibility index (Phi) is 2.00. The highest BCUT2D eigenvalue weighted by Gasteiger charge is 2.07. The highest BCUT2D eigenvalue weighted by Crippen LogP contribution is 2.28. The molecule has 0 atom stereocenters. The molecule has 0 saturated carbocycles. The van der Waals surface area contributed by atoms with Crippen LogP contribution in [-0.4, -0.2) is 4.98 Å². The van der Waals surface area contributed by atoms with Crippen molar-refractivity contribution < 1.29 is 0 Å². The van der Waals surface area contributed by atoms with Gasteiger partial charge in [-0.25, -0.2) is 0 Å². The average Bonchev–Trinajstić information content (AvgIpc) is 2.47. The summed E-state index contributed by atoms with van der Waals surface area (Å²) in [5, 5.41) is 5.16. The van der Waals surface area contributed by atoms with Crippen molar-refractivity contribution >= 4 is 32.4 Å². The number of para-hydroxylation sites is 1. The Hall–Kier alpha value is -2.61. The van der Waals surface area contributed by atoms with Gasteiger partial charge < -0.3 is 4.98 Å². The third kappa shape index (κ3) is 1.40. The van der Waals surface area contributed by atoms with Crippen molar-refractivity contribution in [3.63, 3.8) is 0 Å². The van der Waals surface area contributed by atoms with E-state index >= 15 is 0 Å². The number of hydrogen-bond donors (Lipinski definition) is 1. The molecule has 2 nitrogen and oxygen atoms in total. The highest BCUT2D eigenvalue weighted by molar-refractivity contribution is 6.18. The molecule has 0 bridgehead atoms. The molecule has 0 radical (unpaired) electrons. The van der Waals surface area contributed by atoms with E-state index in [1.165, 1.54) is 0 Å². The van der Waals surface area contributed by atoms with Crippen LogP contribution in [0.2, 0.25) is 0 Å². The Morgan fingerprint density at radius 1 is 0.684 bits per heavy atom. The second-order valence-corrected chi connectivity index (χ2v) is 4.71. The third-order valence-electron chi connectivity index (χ3n) is 3.62. The first-order chi connectivity index (χ1) is 9.34. The average molecular weight is 245 g/mol. The van der Waals surface area contributed by atoms with Crippen LogP contribution in [0.15, 0.2) is 65.5 Å². The second-order valence-electron chi connectivity index (χ2n) is 4.71. The molecular weight excluding hydrogens is 234 g/mol. The van der Waals surface area contributed by atoms with Crippen LogP contribution in [0.25, 0.3) is 32.4 Å². The van der Waals surface area contributed by atoms with Crippen molar-refractivity contribution in [2.24, 2.45) is 0 Å². The van der Waals surface area contributed by atoms with E-state index in [2.05, 4.69) is 23.2 Å². The van der Waals surface area contributed by atoms with Crippen molar-refractivity contribution in [1.82, 2.24) is 4.98 Å². The first-order valence-electron chi connectivity index (χ1n) is 6.27. The van der Waals surface area contributed by atoms with Crippen molar-refractivity contribution in [2.45, 2.75) is 0 Å². The maximum atomic E-state index is 12.2. The molecule has 1 heterocycles. The molecule has 3 aromatic carbocycles. The fourth-order valence-electron chi connectivity index (χ4n) is 2.75. The fraction of sp³-hybridized carbons (Fsp3) is 0. The first kappa shape index (κ1) is 10.3. The normalized spacial score (nSPS) is 11.4. The van der Waals surface area contributed by atoms with Crippen LogP contribution in [-0.2, 0) is 0 Å². The van der Waals surface area contributed by atoms with Gasteiger partial charge in [-0.3, -0.25) is 4.79 Å². The molecule has 1 N–H and O–H groups in total. The van der Waals surface area contributed by atoms with Crippen LogP contribution < -0.4 is 5.56 Å². The zero-order valence-corrected chi connectivity index (χ0v) is 10.2. The van der Waals surface area contributed by atoms with Gasteiger partial charge in [0.05, 0.1) is 0 Å². The van der Waals surface area contributed by atoms with Crippen molar-refractivity contribution in [1.29, 1.82) is 0 Å². The summed E-state index contributed by atoms with van der Waals surface area (Å²) >= 11 is 0. The molecule has 0 spiro atoms. The lowest BCUT2D eigenvalue weighted by atomic mass is 9.99. The summed E-state index contributed by atoms with van der Waals surface area (Å²) in [6.07, 6.45) is 0. The van der Waals surface area contributed by atoms with E-state index in [-0.39, 0.29) is 5.56 Å². The summed E-state index contributed by atoms with van der Waals surface area (Å²) in [6.45, 7) is 0. The Balaban J connectivity index is 2.44. The highest BCUT2D eigenvalue weighted by atomic mass is 16.1. The molecule has 19 heavy (non-hydrogen) atoms. The van der Waals surface area contributed by atoms with Crippen LogP contribution in [0.3, 0.4) is 0 Å². The molecule has 90 valence electrons. The molecule has 0 amide bonds. The zero-order valence-electron chi connectivity index (χ0n) is 10.2. The van der Waals surface area contributed by atoms with Crippen LogP contribution >= 0.6 is 0 Å². The fourth-order valence-corrected chi connectivity index (χ4v) is 2.75. The number of fused-ring (bicyclic) bond motifs is 5. The maximum Gasteiger partial charge on any atom is 0.256 e. The van der Waals surface area contributed by atoms with E-state index in [9.17, 15) is 4.79 Å². The molecule has 0 aliphatic carbocycles. The van der Waals surface area contributed by atoms with Gasteiger partial charge in [-0.1, -0.05) is 48.5 Å². The van der Waals surface area contributed by atoms with Gasteiger partial charge in [0.15, 0.2) is 0 Å². The van der Waals surface area contributed by atoms with Gasteiger partial charge in [-0.15, -0.1) is 0 Å². The van der Waals surface area contributed by atoms with E-state index in [1.54, 1.807) is 0 Å². The predicted octanol–water partition coefficient (Wildman–Crippen LogP) is 3.83. The lowest BCUT2D eigenvalue weighted by Crippen LogP contribution is -2.06. The number of rotatable bonds is 0. The number of nitrogens with one attached hydrogen (secondary N) is 1. The monoisotopic (exact) mass is 245 g/mol. The Bertz CT molecular complexity index is 967.